The van der Waals surface area contributed by atoms with E-state index in [0.29, 0.717) is 6.54 Å². The lowest BCUT2D eigenvalue weighted by Gasteiger charge is -2.14. The van der Waals surface area contributed by atoms with E-state index in [-0.39, 0.29) is 12.8 Å². The lowest BCUT2D eigenvalue weighted by Crippen LogP contribution is -2.45. The van der Waals surface area contributed by atoms with E-state index in [4.69, 9.17) is 10.2 Å². The maximum atomic E-state index is 11.5. The summed E-state index contributed by atoms with van der Waals surface area (Å²) in [6.45, 7) is 0.292. The van der Waals surface area contributed by atoms with Crippen LogP contribution in [0.3, 0.4) is 0 Å². The van der Waals surface area contributed by atoms with Crippen LogP contribution in [0.5, 0.6) is 0 Å². The molecule has 0 unspecified atom stereocenters. The van der Waals surface area contributed by atoms with Crippen molar-refractivity contribution < 1.29 is 24.6 Å². The van der Waals surface area contributed by atoms with Gasteiger partial charge >= 0.3 is 18.0 Å². The van der Waals surface area contributed by atoms with Crippen LogP contribution in [-0.2, 0) is 16.1 Å². The minimum Gasteiger partial charge on any atom is -0.481 e. The first-order valence-corrected chi connectivity index (χ1v) is 6.43. The molecule has 0 spiro atoms. The molecular weight excluding hydrogens is 272 g/mol. The second-order valence-electron chi connectivity index (χ2n) is 3.78. The molecule has 1 aromatic heterocycles. The average Bonchev–Trinajstić information content (AvgIpc) is 2.84. The van der Waals surface area contributed by atoms with Crippen molar-refractivity contribution in [2.24, 2.45) is 0 Å². The summed E-state index contributed by atoms with van der Waals surface area (Å²) in [7, 11) is 0. The first-order valence-electron chi connectivity index (χ1n) is 5.49. The van der Waals surface area contributed by atoms with Gasteiger partial charge in [-0.1, -0.05) is 0 Å². The second kappa shape index (κ2) is 7.37. The minimum atomic E-state index is -1.26. The third-order valence-electron chi connectivity index (χ3n) is 2.28. The Balaban J connectivity index is 2.38. The molecule has 19 heavy (non-hydrogen) atoms. The van der Waals surface area contributed by atoms with Gasteiger partial charge in [0.25, 0.3) is 0 Å². The van der Waals surface area contributed by atoms with Crippen molar-refractivity contribution >= 4 is 29.3 Å². The monoisotopic (exact) mass is 286 g/mol. The number of urea groups is 1. The largest absolute Gasteiger partial charge is 0.481 e. The van der Waals surface area contributed by atoms with E-state index in [1.54, 1.807) is 0 Å². The molecule has 2 amide bonds. The predicted octanol–water partition coefficient (Wildman–Crippen LogP) is 0.865. The molecule has 0 aliphatic heterocycles. The van der Waals surface area contributed by atoms with Crippen LogP contribution >= 0.6 is 11.3 Å². The fourth-order valence-corrected chi connectivity index (χ4v) is 1.98. The molecule has 1 aromatic rings. The first-order chi connectivity index (χ1) is 8.99. The van der Waals surface area contributed by atoms with Crippen molar-refractivity contribution in [3.8, 4) is 0 Å². The maximum Gasteiger partial charge on any atom is 0.326 e. The van der Waals surface area contributed by atoms with Gasteiger partial charge in [0.05, 0.1) is 0 Å². The van der Waals surface area contributed by atoms with E-state index in [2.05, 4.69) is 10.6 Å². The number of carbonyl (C=O) groups is 3. The van der Waals surface area contributed by atoms with Crippen LogP contribution in [0.2, 0.25) is 0 Å². The molecule has 1 heterocycles. The van der Waals surface area contributed by atoms with Crippen LogP contribution in [0.15, 0.2) is 16.8 Å². The summed E-state index contributed by atoms with van der Waals surface area (Å²) in [6.07, 6.45) is -0.474. The maximum absolute atomic E-state index is 11.5. The van der Waals surface area contributed by atoms with Gasteiger partial charge in [-0.15, -0.1) is 0 Å². The normalized spacial score (nSPS) is 11.6. The molecule has 7 nitrogen and oxygen atoms in total. The van der Waals surface area contributed by atoms with Gasteiger partial charge < -0.3 is 20.8 Å². The Morgan fingerprint density at radius 3 is 2.58 bits per heavy atom. The molecule has 0 saturated heterocycles. The molecule has 0 aliphatic rings. The molecule has 0 fully saturated rings. The van der Waals surface area contributed by atoms with Gasteiger partial charge in [0.15, 0.2) is 0 Å². The van der Waals surface area contributed by atoms with Gasteiger partial charge in [0.2, 0.25) is 0 Å². The Bertz CT molecular complexity index is 446. The Morgan fingerprint density at radius 2 is 2.05 bits per heavy atom. The van der Waals surface area contributed by atoms with Gasteiger partial charge in [-0.2, -0.15) is 11.3 Å². The van der Waals surface area contributed by atoms with Crippen molar-refractivity contribution in [1.29, 1.82) is 0 Å². The highest BCUT2D eigenvalue weighted by molar-refractivity contribution is 7.07. The SMILES string of the molecule is O=C(O)CC[C@H](NC(=O)NCc1ccsc1)C(=O)O. The van der Waals surface area contributed by atoms with Crippen LogP contribution in [0.25, 0.3) is 0 Å². The van der Waals surface area contributed by atoms with E-state index in [1.807, 2.05) is 16.8 Å². The summed E-state index contributed by atoms with van der Waals surface area (Å²) in [5.74, 6) is -2.36. The Morgan fingerprint density at radius 1 is 1.32 bits per heavy atom. The standard InChI is InChI=1S/C11H14N2O5S/c14-9(15)2-1-8(10(16)17)13-11(18)12-5-7-3-4-19-6-7/h3-4,6,8H,1-2,5H2,(H,14,15)(H,16,17)(H2,12,13,18)/t8-/m0/s1. The van der Waals surface area contributed by atoms with Crippen molar-refractivity contribution in [1.82, 2.24) is 10.6 Å². The molecule has 0 aromatic carbocycles. The highest BCUT2D eigenvalue weighted by Crippen LogP contribution is 2.05. The molecular formula is C11H14N2O5S. The van der Waals surface area contributed by atoms with E-state index >= 15 is 0 Å². The first kappa shape index (κ1) is 15.0. The molecule has 8 heteroatoms. The van der Waals surface area contributed by atoms with Crippen LogP contribution in [-0.4, -0.2) is 34.2 Å². The van der Waals surface area contributed by atoms with Crippen molar-refractivity contribution in [2.75, 3.05) is 0 Å². The number of amides is 2. The third kappa shape index (κ3) is 5.87. The zero-order valence-electron chi connectivity index (χ0n) is 9.96. The molecule has 104 valence electrons. The van der Waals surface area contributed by atoms with Crippen LogP contribution in [0, 0.1) is 0 Å². The summed E-state index contributed by atoms with van der Waals surface area (Å²) in [5, 5.41) is 25.8. The number of carboxylic acid groups (broad SMARTS) is 2. The quantitative estimate of drug-likeness (QED) is 0.593. The zero-order valence-corrected chi connectivity index (χ0v) is 10.8. The van der Waals surface area contributed by atoms with Crippen LogP contribution in [0.4, 0.5) is 4.79 Å². The number of hydrogen-bond donors (Lipinski definition) is 4. The van der Waals surface area contributed by atoms with E-state index < -0.39 is 24.0 Å². The lowest BCUT2D eigenvalue weighted by molar-refractivity contribution is -0.140. The van der Waals surface area contributed by atoms with E-state index in [0.717, 1.165) is 5.56 Å². The van der Waals surface area contributed by atoms with Crippen molar-refractivity contribution in [3.63, 3.8) is 0 Å². The highest BCUT2D eigenvalue weighted by Gasteiger charge is 2.20. The fraction of sp³-hybridized carbons (Fsp3) is 0.364. The van der Waals surface area contributed by atoms with E-state index in [9.17, 15) is 14.4 Å². The minimum absolute atomic E-state index is 0.156. The summed E-state index contributed by atoms with van der Waals surface area (Å²) in [6, 6.07) is -0.00749. The summed E-state index contributed by atoms with van der Waals surface area (Å²) in [5.41, 5.74) is 0.914. The summed E-state index contributed by atoms with van der Waals surface area (Å²) < 4.78 is 0. The van der Waals surface area contributed by atoms with Gasteiger partial charge in [0, 0.05) is 13.0 Å². The van der Waals surface area contributed by atoms with Gasteiger partial charge in [0.1, 0.15) is 6.04 Å². The van der Waals surface area contributed by atoms with Crippen LogP contribution in [0.1, 0.15) is 18.4 Å². The number of aliphatic carboxylic acids is 2. The van der Waals surface area contributed by atoms with Gasteiger partial charge in [-0.05, 0) is 28.8 Å². The number of thiophene rings is 1. The highest BCUT2D eigenvalue weighted by atomic mass is 32.1. The average molecular weight is 286 g/mol. The van der Waals surface area contributed by atoms with Crippen molar-refractivity contribution in [3.05, 3.63) is 22.4 Å². The molecule has 0 saturated carbocycles. The molecule has 4 N–H and O–H groups in total. The van der Waals surface area contributed by atoms with Gasteiger partial charge in [-0.3, -0.25) is 4.79 Å². The smallest absolute Gasteiger partial charge is 0.326 e. The van der Waals surface area contributed by atoms with Gasteiger partial charge in [-0.25, -0.2) is 9.59 Å². The Labute approximate surface area is 113 Å². The zero-order chi connectivity index (χ0) is 14.3. The molecule has 1 atom stereocenters. The number of hydrogen-bond acceptors (Lipinski definition) is 4. The van der Waals surface area contributed by atoms with Crippen molar-refractivity contribution in [2.45, 2.75) is 25.4 Å². The third-order valence-corrected chi connectivity index (χ3v) is 3.02. The lowest BCUT2D eigenvalue weighted by atomic mass is 10.1. The molecule has 0 aliphatic carbocycles. The number of rotatable bonds is 7. The molecule has 0 bridgehead atoms. The number of nitrogens with one attached hydrogen (secondary N) is 2. The van der Waals surface area contributed by atoms with E-state index in [1.165, 1.54) is 11.3 Å². The fourth-order valence-electron chi connectivity index (χ4n) is 1.31. The number of carbonyl (C=O) groups excluding carboxylic acids is 1. The Hall–Kier alpha value is -2.09. The number of carboxylic acids is 2. The predicted molar refractivity (Wildman–Crippen MR) is 68.0 cm³/mol. The van der Waals surface area contributed by atoms with Crippen LogP contribution < -0.4 is 10.6 Å². The Kier molecular flexibility index (Phi) is 5.80. The summed E-state index contributed by atoms with van der Waals surface area (Å²) in [4.78, 5) is 32.7. The summed E-state index contributed by atoms with van der Waals surface area (Å²) >= 11 is 1.49. The topological polar surface area (TPSA) is 116 Å². The molecule has 1 rings (SSSR count). The molecule has 0 radical (unpaired) electrons. The second-order valence-corrected chi connectivity index (χ2v) is 4.56.